The fourth-order valence-electron chi connectivity index (χ4n) is 3.75. The number of urea groups is 1. The molecule has 0 unspecified atom stereocenters. The fourth-order valence-corrected chi connectivity index (χ4v) is 3.75. The summed E-state index contributed by atoms with van der Waals surface area (Å²) in [6, 6.07) is 9.13. The van der Waals surface area contributed by atoms with Gasteiger partial charge in [0.2, 0.25) is 5.91 Å². The van der Waals surface area contributed by atoms with Crippen molar-refractivity contribution in [3.05, 3.63) is 59.9 Å². The zero-order valence-electron chi connectivity index (χ0n) is 16.2. The van der Waals surface area contributed by atoms with Crippen molar-refractivity contribution < 1.29 is 22.8 Å². The van der Waals surface area contributed by atoms with E-state index >= 15 is 0 Å². The van der Waals surface area contributed by atoms with E-state index in [0.717, 1.165) is 17.8 Å². The van der Waals surface area contributed by atoms with E-state index in [1.54, 1.807) is 17.0 Å². The number of hydrogen-bond donors (Lipinski definition) is 0. The molecule has 2 aromatic carbocycles. The summed E-state index contributed by atoms with van der Waals surface area (Å²) in [6.45, 7) is 2.82. The molecule has 6 nitrogen and oxygen atoms in total. The summed E-state index contributed by atoms with van der Waals surface area (Å²) in [6.07, 6.45) is 0. The van der Waals surface area contributed by atoms with Gasteiger partial charge < -0.3 is 14.7 Å². The molecule has 0 aromatic heterocycles. The number of halogens is 3. The van der Waals surface area contributed by atoms with Crippen LogP contribution in [0.3, 0.4) is 0 Å². The maximum absolute atomic E-state index is 13.5. The van der Waals surface area contributed by atoms with Crippen molar-refractivity contribution in [3.8, 4) is 0 Å². The Morgan fingerprint density at radius 3 is 2.13 bits per heavy atom. The molecule has 0 radical (unpaired) electrons. The van der Waals surface area contributed by atoms with Crippen LogP contribution in [0.5, 0.6) is 0 Å². The van der Waals surface area contributed by atoms with E-state index in [-0.39, 0.29) is 24.0 Å². The maximum Gasteiger partial charge on any atom is 0.325 e. The van der Waals surface area contributed by atoms with Gasteiger partial charge in [0, 0.05) is 56.7 Å². The van der Waals surface area contributed by atoms with Gasteiger partial charge in [-0.15, -0.1) is 0 Å². The monoisotopic (exact) mass is 418 g/mol. The van der Waals surface area contributed by atoms with Crippen molar-refractivity contribution in [2.75, 3.05) is 55.6 Å². The van der Waals surface area contributed by atoms with Crippen molar-refractivity contribution >= 4 is 23.3 Å². The van der Waals surface area contributed by atoms with E-state index in [2.05, 4.69) is 4.90 Å². The molecule has 9 heteroatoms. The Hall–Kier alpha value is -3.23. The zero-order valence-corrected chi connectivity index (χ0v) is 16.2. The van der Waals surface area contributed by atoms with Gasteiger partial charge >= 0.3 is 6.03 Å². The van der Waals surface area contributed by atoms with E-state index < -0.39 is 17.7 Å². The van der Waals surface area contributed by atoms with Crippen LogP contribution in [0.2, 0.25) is 0 Å². The fraction of sp³-hybridized carbons (Fsp3) is 0.333. The first-order valence-corrected chi connectivity index (χ1v) is 9.72. The minimum atomic E-state index is -1.02. The van der Waals surface area contributed by atoms with Gasteiger partial charge in [-0.2, -0.15) is 0 Å². The number of anilines is 2. The van der Waals surface area contributed by atoms with Gasteiger partial charge in [-0.25, -0.2) is 18.0 Å². The highest BCUT2D eigenvalue weighted by molar-refractivity contribution is 5.96. The second-order valence-corrected chi connectivity index (χ2v) is 7.30. The Labute approximate surface area is 172 Å². The van der Waals surface area contributed by atoms with Crippen LogP contribution in [-0.4, -0.2) is 67.6 Å². The highest BCUT2D eigenvalue weighted by Crippen LogP contribution is 2.23. The van der Waals surface area contributed by atoms with Gasteiger partial charge in [0.1, 0.15) is 12.4 Å². The third kappa shape index (κ3) is 4.05. The van der Waals surface area contributed by atoms with Crippen molar-refractivity contribution in [1.82, 2.24) is 9.80 Å². The lowest BCUT2D eigenvalue weighted by Gasteiger charge is -2.36. The van der Waals surface area contributed by atoms with E-state index in [9.17, 15) is 22.8 Å². The predicted molar refractivity (Wildman–Crippen MR) is 106 cm³/mol. The number of carbonyl (C=O) groups is 2. The summed E-state index contributed by atoms with van der Waals surface area (Å²) in [7, 11) is 0. The first kappa shape index (κ1) is 20.1. The molecule has 0 N–H and O–H groups in total. The van der Waals surface area contributed by atoms with E-state index in [1.807, 2.05) is 0 Å². The minimum absolute atomic E-state index is 0.0600. The molecule has 0 saturated carbocycles. The molecule has 158 valence electrons. The van der Waals surface area contributed by atoms with Gasteiger partial charge in [0.05, 0.1) is 0 Å². The second-order valence-electron chi connectivity index (χ2n) is 7.30. The van der Waals surface area contributed by atoms with Crippen molar-refractivity contribution in [2.24, 2.45) is 0 Å². The number of hydrogen-bond acceptors (Lipinski definition) is 3. The van der Waals surface area contributed by atoms with Crippen LogP contribution in [0.15, 0.2) is 42.5 Å². The number of carbonyl (C=O) groups excluding carboxylic acids is 2. The zero-order chi connectivity index (χ0) is 21.3. The molecule has 2 heterocycles. The smallest absolute Gasteiger partial charge is 0.325 e. The van der Waals surface area contributed by atoms with Gasteiger partial charge in [-0.3, -0.25) is 9.69 Å². The van der Waals surface area contributed by atoms with E-state index in [4.69, 9.17) is 0 Å². The Balaban J connectivity index is 1.32. The molecular formula is C21H21F3N4O2. The molecule has 2 fully saturated rings. The number of piperazine rings is 1. The summed E-state index contributed by atoms with van der Waals surface area (Å²) in [4.78, 5) is 31.8. The van der Waals surface area contributed by atoms with Crippen molar-refractivity contribution in [1.29, 1.82) is 0 Å². The Kier molecular flexibility index (Phi) is 5.52. The third-order valence-corrected chi connectivity index (χ3v) is 5.46. The van der Waals surface area contributed by atoms with Crippen LogP contribution < -0.4 is 9.80 Å². The van der Waals surface area contributed by atoms with Crippen LogP contribution in [0.1, 0.15) is 0 Å². The quantitative estimate of drug-likeness (QED) is 0.767. The van der Waals surface area contributed by atoms with Crippen molar-refractivity contribution in [2.45, 2.75) is 0 Å². The normalized spacial score (nSPS) is 17.1. The molecule has 4 rings (SSSR count). The van der Waals surface area contributed by atoms with Gasteiger partial charge in [0.15, 0.2) is 11.6 Å². The predicted octanol–water partition coefficient (Wildman–Crippen LogP) is 2.69. The number of benzene rings is 2. The summed E-state index contributed by atoms with van der Waals surface area (Å²) < 4.78 is 39.7. The number of rotatable bonds is 4. The van der Waals surface area contributed by atoms with Crippen LogP contribution in [-0.2, 0) is 4.79 Å². The molecule has 3 amide bonds. The molecule has 2 saturated heterocycles. The van der Waals surface area contributed by atoms with E-state index in [1.165, 1.54) is 28.0 Å². The van der Waals surface area contributed by atoms with Gasteiger partial charge in [-0.05, 0) is 36.4 Å². The third-order valence-electron chi connectivity index (χ3n) is 5.46. The van der Waals surface area contributed by atoms with Crippen LogP contribution in [0.25, 0.3) is 0 Å². The lowest BCUT2D eigenvalue weighted by molar-refractivity contribution is -0.131. The summed E-state index contributed by atoms with van der Waals surface area (Å²) in [5, 5.41) is 0. The van der Waals surface area contributed by atoms with Crippen molar-refractivity contribution in [3.63, 3.8) is 0 Å². The first-order chi connectivity index (χ1) is 14.4. The molecular weight excluding hydrogens is 397 g/mol. The lowest BCUT2D eigenvalue weighted by Crippen LogP contribution is -2.51. The maximum atomic E-state index is 13.5. The van der Waals surface area contributed by atoms with Crippen LogP contribution in [0.4, 0.5) is 29.3 Å². The number of nitrogens with zero attached hydrogens (tertiary/aromatic N) is 4. The van der Waals surface area contributed by atoms with Gasteiger partial charge in [-0.1, -0.05) is 0 Å². The lowest BCUT2D eigenvalue weighted by atomic mass is 10.2. The first-order valence-electron chi connectivity index (χ1n) is 9.72. The molecule has 0 spiro atoms. The average molecular weight is 418 g/mol. The largest absolute Gasteiger partial charge is 0.368 e. The Morgan fingerprint density at radius 2 is 1.47 bits per heavy atom. The summed E-state index contributed by atoms with van der Waals surface area (Å²) in [5.74, 6) is -2.44. The Morgan fingerprint density at radius 1 is 0.800 bits per heavy atom. The van der Waals surface area contributed by atoms with Crippen LogP contribution >= 0.6 is 0 Å². The summed E-state index contributed by atoms with van der Waals surface area (Å²) >= 11 is 0. The standard InChI is InChI=1S/C21H21F3N4O2/c22-15-1-3-16(4-2-15)25-7-9-26(10-8-25)20(29)14-27-11-12-28(21(27)30)17-5-6-18(23)19(24)13-17/h1-6,13H,7-12,14H2. The topological polar surface area (TPSA) is 47.1 Å². The molecule has 2 aromatic rings. The molecule has 0 bridgehead atoms. The molecule has 30 heavy (non-hydrogen) atoms. The SMILES string of the molecule is O=C(CN1CCN(c2ccc(F)c(F)c2)C1=O)N1CCN(c2ccc(F)cc2)CC1. The minimum Gasteiger partial charge on any atom is -0.368 e. The number of amides is 3. The molecule has 2 aliphatic heterocycles. The van der Waals surface area contributed by atoms with Gasteiger partial charge in [0.25, 0.3) is 0 Å². The second kappa shape index (κ2) is 8.25. The van der Waals surface area contributed by atoms with E-state index in [0.29, 0.717) is 39.3 Å². The molecule has 0 atom stereocenters. The highest BCUT2D eigenvalue weighted by Gasteiger charge is 2.33. The molecule has 2 aliphatic rings. The summed E-state index contributed by atoms with van der Waals surface area (Å²) in [5.41, 5.74) is 1.17. The van der Waals surface area contributed by atoms with Crippen LogP contribution in [0, 0.1) is 17.5 Å². The average Bonchev–Trinajstić information content (AvgIpc) is 3.11. The Bertz CT molecular complexity index is 946. The molecule has 0 aliphatic carbocycles. The highest BCUT2D eigenvalue weighted by atomic mass is 19.2.